The summed E-state index contributed by atoms with van der Waals surface area (Å²) in [6.45, 7) is 2.16. The lowest BCUT2D eigenvalue weighted by atomic mass is 9.91. The van der Waals surface area contributed by atoms with Gasteiger partial charge in [-0.3, -0.25) is 14.6 Å². The molecule has 0 radical (unpaired) electrons. The van der Waals surface area contributed by atoms with Crippen LogP contribution in [0, 0.1) is 5.92 Å². The quantitative estimate of drug-likeness (QED) is 0.410. The van der Waals surface area contributed by atoms with E-state index in [1.54, 1.807) is 30.6 Å². The summed E-state index contributed by atoms with van der Waals surface area (Å²) < 4.78 is 1.03. The summed E-state index contributed by atoms with van der Waals surface area (Å²) in [7, 11) is 0. The first-order valence-corrected chi connectivity index (χ1v) is 12.4. The molecule has 1 N–H and O–H groups in total. The van der Waals surface area contributed by atoms with Gasteiger partial charge in [0.15, 0.2) is 0 Å². The summed E-state index contributed by atoms with van der Waals surface area (Å²) in [5.74, 6) is 0.549. The number of fused-ring (bicyclic) bond motifs is 1. The fourth-order valence-corrected chi connectivity index (χ4v) is 5.43. The van der Waals surface area contributed by atoms with Crippen molar-refractivity contribution in [2.24, 2.45) is 5.92 Å². The number of halogens is 2. The highest BCUT2D eigenvalue weighted by molar-refractivity contribution is 7.20. The summed E-state index contributed by atoms with van der Waals surface area (Å²) in [5.41, 5.74) is 0.475. The minimum Gasteiger partial charge on any atom is -0.351 e. The van der Waals surface area contributed by atoms with Crippen molar-refractivity contribution in [3.8, 4) is 0 Å². The van der Waals surface area contributed by atoms with Gasteiger partial charge in [-0.25, -0.2) is 0 Å². The molecular formula is C24H25Cl2N3O2S. The predicted octanol–water partition coefficient (Wildman–Crippen LogP) is 6.06. The van der Waals surface area contributed by atoms with Crippen molar-refractivity contribution < 1.29 is 9.59 Å². The van der Waals surface area contributed by atoms with E-state index in [1.807, 2.05) is 17.0 Å². The van der Waals surface area contributed by atoms with Gasteiger partial charge in [0.2, 0.25) is 0 Å². The van der Waals surface area contributed by atoms with Crippen molar-refractivity contribution >= 4 is 56.4 Å². The maximum Gasteiger partial charge on any atom is 0.261 e. The van der Waals surface area contributed by atoms with E-state index in [4.69, 9.17) is 23.2 Å². The Labute approximate surface area is 201 Å². The number of benzene rings is 1. The van der Waals surface area contributed by atoms with Gasteiger partial charge in [0, 0.05) is 32.0 Å². The molecule has 0 atom stereocenters. The van der Waals surface area contributed by atoms with Crippen molar-refractivity contribution in [3.63, 3.8) is 0 Å². The van der Waals surface area contributed by atoms with E-state index in [0.717, 1.165) is 60.2 Å². The number of piperidine rings is 1. The second-order valence-electron chi connectivity index (χ2n) is 8.11. The van der Waals surface area contributed by atoms with Crippen molar-refractivity contribution in [1.82, 2.24) is 15.2 Å². The molecule has 5 nitrogen and oxygen atoms in total. The number of hydrogen-bond acceptors (Lipinski definition) is 4. The van der Waals surface area contributed by atoms with Crippen molar-refractivity contribution in [1.29, 1.82) is 0 Å². The molecule has 8 heteroatoms. The smallest absolute Gasteiger partial charge is 0.261 e. The number of rotatable bonds is 7. The van der Waals surface area contributed by atoms with Crippen molar-refractivity contribution in [2.45, 2.75) is 32.1 Å². The number of pyridine rings is 1. The number of carbonyl (C=O) groups is 2. The van der Waals surface area contributed by atoms with Crippen molar-refractivity contribution in [2.75, 3.05) is 19.6 Å². The zero-order chi connectivity index (χ0) is 22.5. The molecule has 0 bridgehead atoms. The summed E-state index contributed by atoms with van der Waals surface area (Å²) >= 11 is 13.7. The predicted molar refractivity (Wildman–Crippen MR) is 131 cm³/mol. The van der Waals surface area contributed by atoms with Crippen LogP contribution in [0.5, 0.6) is 0 Å². The Bertz CT molecular complexity index is 1080. The average Bonchev–Trinajstić information content (AvgIpc) is 3.25. The van der Waals surface area contributed by atoms with E-state index in [0.29, 0.717) is 28.1 Å². The van der Waals surface area contributed by atoms with Crippen molar-refractivity contribution in [3.05, 3.63) is 63.2 Å². The van der Waals surface area contributed by atoms with Crippen LogP contribution in [-0.4, -0.2) is 41.3 Å². The van der Waals surface area contributed by atoms with Crippen LogP contribution in [0.4, 0.5) is 0 Å². The number of amides is 2. The first-order valence-electron chi connectivity index (χ1n) is 10.9. The number of aromatic nitrogens is 1. The summed E-state index contributed by atoms with van der Waals surface area (Å²) in [6, 6.07) is 9.01. The number of unbranched alkanes of at least 4 members (excludes halogenated alkanes) is 1. The third-order valence-electron chi connectivity index (χ3n) is 5.96. The largest absolute Gasteiger partial charge is 0.351 e. The van der Waals surface area contributed by atoms with Gasteiger partial charge in [-0.15, -0.1) is 11.3 Å². The SMILES string of the molecule is O=C(NCCCCC1CCN(C(=O)c2cccc(Cl)c2Cl)CC1)c1cc2ccncc2s1. The van der Waals surface area contributed by atoms with Gasteiger partial charge in [-0.1, -0.05) is 42.1 Å². The van der Waals surface area contributed by atoms with Gasteiger partial charge in [0.05, 0.1) is 25.2 Å². The summed E-state index contributed by atoms with van der Waals surface area (Å²) in [5, 5.41) is 4.81. The Balaban J connectivity index is 1.15. The minimum atomic E-state index is -0.0457. The standard InChI is InChI=1S/C24H25Cl2N3O2S/c25-19-6-3-5-18(22(19)26)24(31)29-12-8-16(9-13-29)4-1-2-10-28-23(30)20-14-17-7-11-27-15-21(17)32-20/h3,5-7,11,14-16H,1-2,4,8-10,12-13H2,(H,28,30). The third-order valence-corrected chi connectivity index (χ3v) is 7.86. The highest BCUT2D eigenvalue weighted by atomic mass is 35.5. The van der Waals surface area contributed by atoms with E-state index < -0.39 is 0 Å². The number of carbonyl (C=O) groups excluding carboxylic acids is 2. The van der Waals surface area contributed by atoms with E-state index >= 15 is 0 Å². The van der Waals surface area contributed by atoms with Crippen LogP contribution in [0.2, 0.25) is 10.0 Å². The van der Waals surface area contributed by atoms with Crippen LogP contribution >= 0.6 is 34.5 Å². The zero-order valence-corrected chi connectivity index (χ0v) is 20.0. The fourth-order valence-electron chi connectivity index (χ4n) is 4.11. The maximum atomic E-state index is 12.8. The lowest BCUT2D eigenvalue weighted by Crippen LogP contribution is -2.38. The van der Waals surface area contributed by atoms with Crippen LogP contribution in [-0.2, 0) is 0 Å². The average molecular weight is 490 g/mol. The van der Waals surface area contributed by atoms with Crippen LogP contribution in [0.1, 0.15) is 52.1 Å². The number of hydrogen-bond donors (Lipinski definition) is 1. The van der Waals surface area contributed by atoms with Gasteiger partial charge in [0.1, 0.15) is 0 Å². The van der Waals surface area contributed by atoms with E-state index in [1.165, 1.54) is 11.3 Å². The molecule has 0 spiro atoms. The monoisotopic (exact) mass is 489 g/mol. The van der Waals surface area contributed by atoms with E-state index in [9.17, 15) is 9.59 Å². The Kier molecular flexibility index (Phi) is 7.66. The fraction of sp³-hybridized carbons (Fsp3) is 0.375. The molecule has 1 aliphatic rings. The number of thiophene rings is 1. The Morgan fingerprint density at radius 3 is 2.75 bits per heavy atom. The maximum absolute atomic E-state index is 12.8. The molecule has 0 unspecified atom stereocenters. The molecule has 2 aromatic heterocycles. The second-order valence-corrected chi connectivity index (χ2v) is 9.98. The molecule has 3 heterocycles. The molecule has 3 aromatic rings. The van der Waals surface area contributed by atoms with Crippen LogP contribution in [0.15, 0.2) is 42.7 Å². The molecule has 1 fully saturated rings. The topological polar surface area (TPSA) is 62.3 Å². The minimum absolute atomic E-state index is 0.0160. The molecular weight excluding hydrogens is 465 g/mol. The Hall–Kier alpha value is -2.15. The van der Waals surface area contributed by atoms with Gasteiger partial charge >= 0.3 is 0 Å². The lowest BCUT2D eigenvalue weighted by molar-refractivity contribution is 0.0686. The number of likely N-dealkylation sites (tertiary alicyclic amines) is 1. The van der Waals surface area contributed by atoms with Gasteiger partial charge in [-0.2, -0.15) is 0 Å². The first kappa shape index (κ1) is 23.0. The van der Waals surface area contributed by atoms with Crippen LogP contribution in [0.3, 0.4) is 0 Å². The third kappa shape index (κ3) is 5.42. The van der Waals surface area contributed by atoms with Gasteiger partial charge in [-0.05, 0) is 54.8 Å². The summed E-state index contributed by atoms with van der Waals surface area (Å²) in [6.07, 6.45) is 8.65. The Morgan fingerprint density at radius 1 is 1.16 bits per heavy atom. The van der Waals surface area contributed by atoms with Crippen LogP contribution < -0.4 is 5.32 Å². The lowest BCUT2D eigenvalue weighted by Gasteiger charge is -2.32. The molecule has 1 aliphatic heterocycles. The molecule has 1 saturated heterocycles. The van der Waals surface area contributed by atoms with E-state index in [-0.39, 0.29) is 11.8 Å². The second kappa shape index (κ2) is 10.6. The molecule has 32 heavy (non-hydrogen) atoms. The molecule has 0 aliphatic carbocycles. The molecule has 4 rings (SSSR count). The summed E-state index contributed by atoms with van der Waals surface area (Å²) in [4.78, 5) is 31.8. The van der Waals surface area contributed by atoms with Crippen LogP contribution in [0.25, 0.3) is 10.1 Å². The number of nitrogens with one attached hydrogen (secondary N) is 1. The van der Waals surface area contributed by atoms with E-state index in [2.05, 4.69) is 10.3 Å². The highest BCUT2D eigenvalue weighted by Crippen LogP contribution is 2.29. The van der Waals surface area contributed by atoms with Gasteiger partial charge < -0.3 is 10.2 Å². The van der Waals surface area contributed by atoms with Gasteiger partial charge in [0.25, 0.3) is 11.8 Å². The highest BCUT2D eigenvalue weighted by Gasteiger charge is 2.25. The molecule has 2 amide bonds. The zero-order valence-electron chi connectivity index (χ0n) is 17.7. The molecule has 168 valence electrons. The molecule has 1 aromatic carbocycles. The molecule has 0 saturated carbocycles. The first-order chi connectivity index (χ1) is 15.5. The normalized spacial score (nSPS) is 14.6. The number of nitrogens with zero attached hydrogens (tertiary/aromatic N) is 2. The Morgan fingerprint density at radius 2 is 1.97 bits per heavy atom.